The van der Waals surface area contributed by atoms with E-state index in [9.17, 15) is 34.5 Å². The predicted molar refractivity (Wildman–Crippen MR) is 208 cm³/mol. The molecule has 4 aliphatic rings. The average Bonchev–Trinajstić information content (AvgIpc) is 3.18. The van der Waals surface area contributed by atoms with E-state index in [2.05, 4.69) is 6.92 Å². The van der Waals surface area contributed by atoms with Crippen LogP contribution in [0.25, 0.3) is 0 Å². The summed E-state index contributed by atoms with van der Waals surface area (Å²) in [4.78, 5) is 57.6. The topological polar surface area (TPSA) is 178 Å². The van der Waals surface area contributed by atoms with Crippen LogP contribution in [0.4, 0.5) is 0 Å². The summed E-state index contributed by atoms with van der Waals surface area (Å²) in [6, 6.07) is -1.13. The van der Waals surface area contributed by atoms with E-state index in [0.29, 0.717) is 56.9 Å². The summed E-state index contributed by atoms with van der Waals surface area (Å²) < 4.78 is 29.7. The Labute approximate surface area is 333 Å². The number of amides is 1. The second-order valence-corrected chi connectivity index (χ2v) is 17.2. The van der Waals surface area contributed by atoms with Gasteiger partial charge in [-0.3, -0.25) is 14.4 Å². The number of piperidine rings is 1. The van der Waals surface area contributed by atoms with Gasteiger partial charge in [-0.25, -0.2) is 4.79 Å². The highest BCUT2D eigenvalue weighted by molar-refractivity contribution is 6.39. The molecule has 1 saturated carbocycles. The maximum atomic E-state index is 14.3. The fourth-order valence-electron chi connectivity index (χ4n) is 9.39. The number of cyclic esters (lactones) is 1. The zero-order valence-corrected chi connectivity index (χ0v) is 35.1. The van der Waals surface area contributed by atoms with Crippen LogP contribution in [-0.2, 0) is 42.9 Å². The van der Waals surface area contributed by atoms with E-state index < -0.39 is 83.9 Å². The number of hydrogen-bond acceptors (Lipinski definition) is 12. The van der Waals surface area contributed by atoms with Crippen LogP contribution >= 0.6 is 0 Å². The van der Waals surface area contributed by atoms with Gasteiger partial charge in [0.05, 0.1) is 30.5 Å². The van der Waals surface area contributed by atoms with Crippen molar-refractivity contribution in [3.05, 3.63) is 23.3 Å². The molecular weight excluding hydrogens is 722 g/mol. The lowest BCUT2D eigenvalue weighted by molar-refractivity contribution is -0.302. The van der Waals surface area contributed by atoms with E-state index in [-0.39, 0.29) is 49.5 Å². The molecule has 0 aromatic carbocycles. The van der Waals surface area contributed by atoms with Crippen LogP contribution < -0.4 is 0 Å². The second kappa shape index (κ2) is 20.4. The molecule has 14 atom stereocenters. The number of allylic oxidation sites excluding steroid dienone is 3. The lowest BCUT2D eigenvalue weighted by Gasteiger charge is -2.47. The van der Waals surface area contributed by atoms with E-state index in [1.165, 1.54) is 19.1 Å². The van der Waals surface area contributed by atoms with Gasteiger partial charge >= 0.3 is 5.97 Å². The van der Waals surface area contributed by atoms with E-state index in [4.69, 9.17) is 23.7 Å². The smallest absolute Gasteiger partial charge is 0.329 e. The molecule has 318 valence electrons. The molecule has 56 heavy (non-hydrogen) atoms. The number of esters is 1. The SMILES string of the molecule is CCC1/C=C(\C)CC(C)CC(OC)C2OC(O)(C(=O)C(=O)N3CCCCC3C(=O)OC(C(C)=CC3CCC(O)C(OC)C3)C(C)C(O)CC1=O)C(C)CC2OC. The van der Waals surface area contributed by atoms with Gasteiger partial charge in [0.2, 0.25) is 5.79 Å². The van der Waals surface area contributed by atoms with E-state index in [1.54, 1.807) is 21.0 Å². The predicted octanol–water partition coefficient (Wildman–Crippen LogP) is 4.47. The number of methoxy groups -OCH3 is 3. The van der Waals surface area contributed by atoms with Crippen LogP contribution in [0, 0.1) is 29.6 Å². The molecule has 13 heteroatoms. The lowest BCUT2D eigenvalue weighted by atomic mass is 9.81. The third-order valence-electron chi connectivity index (χ3n) is 12.9. The molecule has 1 aliphatic carbocycles. The Balaban J connectivity index is 1.76. The Kier molecular flexibility index (Phi) is 16.9. The largest absolute Gasteiger partial charge is 0.456 e. The van der Waals surface area contributed by atoms with Crippen molar-refractivity contribution < 1.29 is 58.2 Å². The molecule has 0 aromatic heterocycles. The van der Waals surface area contributed by atoms with Crippen molar-refractivity contribution in [3.63, 3.8) is 0 Å². The van der Waals surface area contributed by atoms with Crippen molar-refractivity contribution in [2.24, 2.45) is 29.6 Å². The van der Waals surface area contributed by atoms with Crippen LogP contribution in [0.3, 0.4) is 0 Å². The van der Waals surface area contributed by atoms with Gasteiger partial charge in [0.15, 0.2) is 0 Å². The van der Waals surface area contributed by atoms with Gasteiger partial charge in [-0.1, -0.05) is 45.4 Å². The number of carbonyl (C=O) groups is 4. The van der Waals surface area contributed by atoms with Crippen LogP contribution in [0.15, 0.2) is 23.3 Å². The van der Waals surface area contributed by atoms with Crippen molar-refractivity contribution in [2.75, 3.05) is 27.9 Å². The zero-order valence-electron chi connectivity index (χ0n) is 35.1. The molecule has 4 rings (SSSR count). The highest BCUT2D eigenvalue weighted by atomic mass is 16.7. The standard InChI is InChI=1S/C43H69NO12/c1-10-30-18-24(2)17-25(3)19-36(53-8)39-37(54-9)21-27(5)43(51,56-39)40(48)41(49)44-16-12-11-13-31(44)42(50)55-38(28(6)33(46)23-34(30)47)26(4)20-29-14-15-32(45)35(22-29)52-7/h18,20,25,27-33,35-39,45-46,51H,10-17,19,21-23H2,1-9H3/b24-18+,26-20?. The molecular formula is C43H69NO12. The van der Waals surface area contributed by atoms with Gasteiger partial charge in [0.25, 0.3) is 11.7 Å². The van der Waals surface area contributed by atoms with Gasteiger partial charge in [0, 0.05) is 52.0 Å². The molecule has 3 N–H and O–H groups in total. The molecule has 13 nitrogen and oxygen atoms in total. The molecule has 2 bridgehead atoms. The van der Waals surface area contributed by atoms with Crippen LogP contribution in [0.5, 0.6) is 0 Å². The van der Waals surface area contributed by atoms with Crippen molar-refractivity contribution >= 4 is 23.4 Å². The minimum absolute atomic E-state index is 0.000914. The Morgan fingerprint density at radius 2 is 1.57 bits per heavy atom. The number of Topliss-reactive ketones (excluding diaryl/α,β-unsaturated/α-hetero) is 2. The Bertz CT molecular complexity index is 1430. The summed E-state index contributed by atoms with van der Waals surface area (Å²) in [6.07, 6.45) is 3.72. The van der Waals surface area contributed by atoms with E-state index in [0.717, 1.165) is 5.57 Å². The molecule has 0 radical (unpaired) electrons. The Morgan fingerprint density at radius 1 is 0.911 bits per heavy atom. The molecule has 2 saturated heterocycles. The van der Waals surface area contributed by atoms with Gasteiger partial charge in [0.1, 0.15) is 24.0 Å². The maximum Gasteiger partial charge on any atom is 0.329 e. The minimum atomic E-state index is -2.50. The third-order valence-corrected chi connectivity index (χ3v) is 12.9. The van der Waals surface area contributed by atoms with E-state index in [1.807, 2.05) is 32.9 Å². The van der Waals surface area contributed by atoms with Crippen molar-refractivity contribution in [1.29, 1.82) is 0 Å². The van der Waals surface area contributed by atoms with Gasteiger partial charge in [-0.15, -0.1) is 0 Å². The first-order chi connectivity index (χ1) is 26.5. The number of hydrogen-bond donors (Lipinski definition) is 3. The lowest BCUT2D eigenvalue weighted by Crippen LogP contribution is -2.64. The summed E-state index contributed by atoms with van der Waals surface area (Å²) >= 11 is 0. The number of nitrogens with zero attached hydrogens (tertiary/aromatic N) is 1. The average molecular weight is 792 g/mol. The molecule has 3 aliphatic heterocycles. The molecule has 1 amide bonds. The summed E-state index contributed by atoms with van der Waals surface area (Å²) in [6.45, 7) is 11.3. The van der Waals surface area contributed by atoms with Crippen molar-refractivity contribution in [1.82, 2.24) is 4.90 Å². The summed E-state index contributed by atoms with van der Waals surface area (Å²) in [7, 11) is 4.63. The Morgan fingerprint density at radius 3 is 2.21 bits per heavy atom. The number of aliphatic hydroxyl groups is 3. The molecule has 0 aromatic rings. The van der Waals surface area contributed by atoms with Crippen LogP contribution in [0.2, 0.25) is 0 Å². The zero-order chi connectivity index (χ0) is 41.5. The van der Waals surface area contributed by atoms with Crippen molar-refractivity contribution in [2.45, 2.75) is 167 Å². The highest BCUT2D eigenvalue weighted by Gasteiger charge is 2.56. The maximum absolute atomic E-state index is 14.3. The highest BCUT2D eigenvalue weighted by Crippen LogP contribution is 2.39. The quantitative estimate of drug-likeness (QED) is 0.196. The number of fused-ring (bicyclic) bond motifs is 3. The Hall–Kier alpha value is -2.52. The number of carbonyl (C=O) groups excluding carboxylic acids is 4. The first kappa shape index (κ1) is 46.2. The molecule has 14 unspecified atom stereocenters. The third kappa shape index (κ3) is 10.7. The minimum Gasteiger partial charge on any atom is -0.456 e. The summed E-state index contributed by atoms with van der Waals surface area (Å²) in [5.74, 6) is -7.50. The van der Waals surface area contributed by atoms with Crippen molar-refractivity contribution in [3.8, 4) is 0 Å². The summed E-state index contributed by atoms with van der Waals surface area (Å²) in [5.41, 5.74) is 1.66. The number of rotatable bonds is 6. The van der Waals surface area contributed by atoms with Gasteiger partial charge in [-0.05, 0) is 95.5 Å². The van der Waals surface area contributed by atoms with Gasteiger partial charge < -0.3 is 43.9 Å². The molecule has 0 spiro atoms. The first-order valence-corrected chi connectivity index (χ1v) is 20.8. The fourth-order valence-corrected chi connectivity index (χ4v) is 9.39. The van der Waals surface area contributed by atoms with Gasteiger partial charge in [-0.2, -0.15) is 0 Å². The fraction of sp³-hybridized carbons (Fsp3) is 0.814. The van der Waals surface area contributed by atoms with Crippen LogP contribution in [0.1, 0.15) is 112 Å². The number of aliphatic hydroxyl groups excluding tert-OH is 2. The second-order valence-electron chi connectivity index (χ2n) is 17.2. The first-order valence-electron chi connectivity index (χ1n) is 20.8. The molecule has 3 fully saturated rings. The molecule has 3 heterocycles. The number of ketones is 2. The van der Waals surface area contributed by atoms with E-state index >= 15 is 0 Å². The normalized spacial score (nSPS) is 41.6. The van der Waals surface area contributed by atoms with Crippen LogP contribution in [-0.4, -0.2) is 126 Å². The summed E-state index contributed by atoms with van der Waals surface area (Å²) in [5, 5.41) is 34.1. The monoisotopic (exact) mass is 791 g/mol. The number of ether oxygens (including phenoxy) is 5.